The number of aromatic hydroxyl groups is 1. The molecule has 2 N–H and O–H groups in total. The Kier molecular flexibility index (Phi) is 6.39. The molecule has 8 heteroatoms. The van der Waals surface area contributed by atoms with Crippen LogP contribution in [0.2, 0.25) is 0 Å². The fraction of sp³-hybridized carbons (Fsp3) is 0.474. The highest BCUT2D eigenvalue weighted by atomic mass is 32.1. The minimum Gasteiger partial charge on any atom is -0.494 e. The number of unbranched alkanes of at least 4 members (excludes halogenated alkanes) is 1. The fourth-order valence-electron chi connectivity index (χ4n) is 3.31. The van der Waals surface area contributed by atoms with E-state index in [0.717, 1.165) is 44.2 Å². The zero-order chi connectivity index (χ0) is 19.2. The van der Waals surface area contributed by atoms with Gasteiger partial charge in [0.2, 0.25) is 5.88 Å². The summed E-state index contributed by atoms with van der Waals surface area (Å²) in [6.07, 6.45) is 10.0. The van der Waals surface area contributed by atoms with Crippen molar-refractivity contribution < 1.29 is 5.11 Å². The first-order valence-electron chi connectivity index (χ1n) is 9.38. The van der Waals surface area contributed by atoms with Crippen molar-refractivity contribution in [2.75, 3.05) is 6.54 Å². The number of nitrogens with one attached hydrogen (secondary N) is 1. The summed E-state index contributed by atoms with van der Waals surface area (Å²) in [5.74, 6) is -0.129. The molecule has 144 valence electrons. The summed E-state index contributed by atoms with van der Waals surface area (Å²) in [5.41, 5.74) is 0.811. The monoisotopic (exact) mass is 387 g/mol. The lowest BCUT2D eigenvalue weighted by molar-refractivity contribution is 0.156. The van der Waals surface area contributed by atoms with E-state index in [1.807, 2.05) is 23.3 Å². The van der Waals surface area contributed by atoms with Crippen LogP contribution in [0.25, 0.3) is 0 Å². The number of aromatic amines is 1. The molecule has 3 rings (SSSR count). The summed E-state index contributed by atoms with van der Waals surface area (Å²) in [6, 6.07) is 4.08. The fourth-order valence-corrected chi connectivity index (χ4v) is 3.58. The van der Waals surface area contributed by atoms with Crippen LogP contribution in [-0.2, 0) is 6.54 Å². The quantitative estimate of drug-likeness (QED) is 0.586. The number of hydrazone groups is 1. The van der Waals surface area contributed by atoms with Crippen molar-refractivity contribution in [1.82, 2.24) is 19.5 Å². The van der Waals surface area contributed by atoms with E-state index in [-0.39, 0.29) is 22.3 Å². The summed E-state index contributed by atoms with van der Waals surface area (Å²) in [4.78, 5) is 19.1. The van der Waals surface area contributed by atoms with E-state index in [1.54, 1.807) is 10.8 Å². The van der Waals surface area contributed by atoms with E-state index in [2.05, 4.69) is 22.0 Å². The van der Waals surface area contributed by atoms with Gasteiger partial charge in [-0.1, -0.05) is 19.4 Å². The second-order valence-corrected chi connectivity index (χ2v) is 7.09. The Morgan fingerprint density at radius 1 is 1.48 bits per heavy atom. The Morgan fingerprint density at radius 2 is 2.33 bits per heavy atom. The van der Waals surface area contributed by atoms with E-state index < -0.39 is 5.56 Å². The van der Waals surface area contributed by atoms with Crippen LogP contribution in [0.5, 0.6) is 5.88 Å². The topological polar surface area (TPSA) is 86.5 Å². The van der Waals surface area contributed by atoms with Gasteiger partial charge in [-0.25, -0.2) is 0 Å². The number of hydrogen-bond donors (Lipinski definition) is 2. The second kappa shape index (κ2) is 8.94. The average Bonchev–Trinajstić information content (AvgIpc) is 2.68. The largest absolute Gasteiger partial charge is 0.494 e. The van der Waals surface area contributed by atoms with Crippen LogP contribution in [0.3, 0.4) is 0 Å². The molecule has 0 radical (unpaired) electrons. The molecular formula is C19H25N5O2S. The normalized spacial score (nSPS) is 17.5. The number of rotatable bonds is 6. The summed E-state index contributed by atoms with van der Waals surface area (Å²) in [7, 11) is 0. The lowest BCUT2D eigenvalue weighted by atomic mass is 9.98. The molecule has 0 saturated carbocycles. The molecule has 0 aliphatic carbocycles. The highest BCUT2D eigenvalue weighted by Gasteiger charge is 2.23. The van der Waals surface area contributed by atoms with Gasteiger partial charge in [-0.05, 0) is 49.5 Å². The molecule has 0 bridgehead atoms. The third-order valence-electron chi connectivity index (χ3n) is 4.82. The molecule has 1 aliphatic heterocycles. The van der Waals surface area contributed by atoms with Crippen molar-refractivity contribution in [3.8, 4) is 5.88 Å². The molecular weight excluding hydrogens is 362 g/mol. The number of pyridine rings is 1. The van der Waals surface area contributed by atoms with Gasteiger partial charge in [0, 0.05) is 25.5 Å². The molecule has 1 atom stereocenters. The van der Waals surface area contributed by atoms with Crippen molar-refractivity contribution in [2.24, 2.45) is 5.10 Å². The second-order valence-electron chi connectivity index (χ2n) is 6.71. The number of aromatic nitrogens is 3. The average molecular weight is 388 g/mol. The van der Waals surface area contributed by atoms with Crippen molar-refractivity contribution in [3.05, 3.63) is 50.8 Å². The third kappa shape index (κ3) is 4.44. The first kappa shape index (κ1) is 19.3. The van der Waals surface area contributed by atoms with Crippen LogP contribution in [0, 0.1) is 4.77 Å². The predicted octanol–water partition coefficient (Wildman–Crippen LogP) is 3.37. The number of hydrogen-bond acceptors (Lipinski definition) is 6. The van der Waals surface area contributed by atoms with Crippen molar-refractivity contribution in [1.29, 1.82) is 0 Å². The lowest BCUT2D eigenvalue weighted by Crippen LogP contribution is -2.29. The number of nitrogens with zero attached hydrogens (tertiary/aromatic N) is 4. The van der Waals surface area contributed by atoms with Gasteiger partial charge in [-0.3, -0.25) is 24.3 Å². The smallest absolute Gasteiger partial charge is 0.264 e. The maximum atomic E-state index is 12.3. The van der Waals surface area contributed by atoms with E-state index in [1.165, 1.54) is 6.21 Å². The van der Waals surface area contributed by atoms with Gasteiger partial charge >= 0.3 is 0 Å². The van der Waals surface area contributed by atoms with Gasteiger partial charge in [0.25, 0.3) is 5.56 Å². The van der Waals surface area contributed by atoms with Crippen molar-refractivity contribution in [3.63, 3.8) is 0 Å². The summed E-state index contributed by atoms with van der Waals surface area (Å²) < 4.78 is 1.78. The molecule has 27 heavy (non-hydrogen) atoms. The van der Waals surface area contributed by atoms with E-state index >= 15 is 0 Å². The molecule has 0 spiro atoms. The Labute approximate surface area is 163 Å². The lowest BCUT2D eigenvalue weighted by Gasteiger charge is -2.33. The maximum Gasteiger partial charge on any atom is 0.264 e. The third-order valence-corrected chi connectivity index (χ3v) is 5.14. The van der Waals surface area contributed by atoms with Crippen LogP contribution in [0.15, 0.2) is 34.4 Å². The summed E-state index contributed by atoms with van der Waals surface area (Å²) in [5, 5.41) is 17.1. The van der Waals surface area contributed by atoms with Gasteiger partial charge in [-0.2, -0.15) is 5.10 Å². The molecule has 1 fully saturated rings. The van der Waals surface area contributed by atoms with Crippen LogP contribution >= 0.6 is 12.2 Å². The number of piperidine rings is 1. The van der Waals surface area contributed by atoms with E-state index in [9.17, 15) is 9.90 Å². The standard InChI is InChI=1S/C19H25N5O2S/c1-2-3-10-23-18(26)15(17(25)22-19(23)27)13-21-24-11-5-4-8-16(24)14-7-6-9-20-12-14/h6-7,9,12-13,16,26H,2-5,8,10-11H2,1H3,(H,22,25,27)/t16-/m0/s1. The first-order chi connectivity index (χ1) is 13.1. The van der Waals surface area contributed by atoms with Gasteiger partial charge in [0.15, 0.2) is 4.77 Å². The zero-order valence-electron chi connectivity index (χ0n) is 15.5. The highest BCUT2D eigenvalue weighted by Crippen LogP contribution is 2.30. The summed E-state index contributed by atoms with van der Waals surface area (Å²) >= 11 is 5.18. The van der Waals surface area contributed by atoms with Gasteiger partial charge in [0.1, 0.15) is 5.56 Å². The van der Waals surface area contributed by atoms with Crippen molar-refractivity contribution in [2.45, 2.75) is 51.6 Å². The Balaban J connectivity index is 1.90. The van der Waals surface area contributed by atoms with Crippen molar-refractivity contribution >= 4 is 18.4 Å². The van der Waals surface area contributed by atoms with Gasteiger partial charge in [-0.15, -0.1) is 0 Å². The Bertz CT molecular complexity index is 907. The molecule has 1 aliphatic rings. The molecule has 2 aromatic rings. The molecule has 1 saturated heterocycles. The number of H-pyrrole nitrogens is 1. The van der Waals surface area contributed by atoms with Crippen LogP contribution < -0.4 is 5.56 Å². The van der Waals surface area contributed by atoms with Gasteiger partial charge < -0.3 is 5.11 Å². The minimum absolute atomic E-state index is 0.121. The molecule has 3 heterocycles. The molecule has 2 aromatic heterocycles. The van der Waals surface area contributed by atoms with E-state index in [4.69, 9.17) is 12.2 Å². The molecule has 0 unspecified atom stereocenters. The van der Waals surface area contributed by atoms with E-state index in [0.29, 0.717) is 6.54 Å². The van der Waals surface area contributed by atoms with Crippen LogP contribution in [-0.4, -0.2) is 37.4 Å². The predicted molar refractivity (Wildman–Crippen MR) is 108 cm³/mol. The Hall–Kier alpha value is -2.48. The maximum absolute atomic E-state index is 12.3. The molecule has 0 aromatic carbocycles. The van der Waals surface area contributed by atoms with Crippen LogP contribution in [0.4, 0.5) is 0 Å². The first-order valence-corrected chi connectivity index (χ1v) is 9.79. The summed E-state index contributed by atoms with van der Waals surface area (Å²) in [6.45, 7) is 3.41. The van der Waals surface area contributed by atoms with Crippen LogP contribution in [0.1, 0.15) is 56.2 Å². The SMILES string of the molecule is CCCCn1c(O)c(C=NN2CCCC[C@H]2c2cccnc2)c(=O)[nH]c1=S. The minimum atomic E-state index is -0.427. The zero-order valence-corrected chi connectivity index (χ0v) is 16.3. The highest BCUT2D eigenvalue weighted by molar-refractivity contribution is 7.71. The molecule has 0 amide bonds. The van der Waals surface area contributed by atoms with Gasteiger partial charge in [0.05, 0.1) is 12.3 Å². The molecule has 7 nitrogen and oxygen atoms in total. The Morgan fingerprint density at radius 3 is 3.07 bits per heavy atom.